The first-order valence-electron chi connectivity index (χ1n) is 7.82. The first-order chi connectivity index (χ1) is 11.2. The number of benzene rings is 2. The Morgan fingerprint density at radius 2 is 1.67 bits per heavy atom. The van der Waals surface area contributed by atoms with Crippen molar-refractivity contribution >= 4 is 18.3 Å². The van der Waals surface area contributed by atoms with Gasteiger partial charge in [0.05, 0.1) is 11.2 Å². The maximum atomic E-state index is 13.4. The van der Waals surface area contributed by atoms with Gasteiger partial charge < -0.3 is 9.31 Å². The first-order valence-corrected chi connectivity index (χ1v) is 7.82. The van der Waals surface area contributed by atoms with Crippen molar-refractivity contribution < 1.29 is 13.7 Å². The molecular weight excluding hydrogens is 308 g/mol. The summed E-state index contributed by atoms with van der Waals surface area (Å²) in [5.41, 5.74) is 1.19. The van der Waals surface area contributed by atoms with E-state index in [1.807, 2.05) is 33.8 Å². The van der Waals surface area contributed by atoms with Gasteiger partial charge in [-0.3, -0.25) is 0 Å². The zero-order chi connectivity index (χ0) is 17.5. The molecule has 124 valence electrons. The van der Waals surface area contributed by atoms with Gasteiger partial charge in [0.1, 0.15) is 11.5 Å². The van der Waals surface area contributed by atoms with Crippen molar-refractivity contribution in [3.05, 3.63) is 53.2 Å². The summed E-state index contributed by atoms with van der Waals surface area (Å²) in [6.07, 6.45) is 0. The molecule has 0 aliphatic carbocycles. The predicted octanol–water partition coefficient (Wildman–Crippen LogP) is 4.19. The van der Waals surface area contributed by atoms with Crippen LogP contribution < -0.4 is 5.46 Å². The molecule has 0 N–H and O–H groups in total. The van der Waals surface area contributed by atoms with Gasteiger partial charge in [0.15, 0.2) is 0 Å². The van der Waals surface area contributed by atoms with Crippen LogP contribution in [0.3, 0.4) is 0 Å². The third-order valence-corrected chi connectivity index (χ3v) is 4.78. The quantitative estimate of drug-likeness (QED) is 0.627. The van der Waals surface area contributed by atoms with Crippen molar-refractivity contribution in [2.24, 2.45) is 5.18 Å². The van der Waals surface area contributed by atoms with Gasteiger partial charge in [-0.05, 0) is 62.1 Å². The van der Waals surface area contributed by atoms with Crippen LogP contribution in [0.15, 0.2) is 47.6 Å². The lowest BCUT2D eigenvalue weighted by Gasteiger charge is -2.32. The normalized spacial score (nSPS) is 18.6. The predicted molar refractivity (Wildman–Crippen MR) is 93.0 cm³/mol. The number of halogens is 1. The number of rotatable bonds is 3. The second-order valence-corrected chi connectivity index (χ2v) is 6.97. The molecule has 0 aromatic heterocycles. The van der Waals surface area contributed by atoms with E-state index < -0.39 is 18.3 Å². The Morgan fingerprint density at radius 3 is 2.25 bits per heavy atom. The lowest BCUT2D eigenvalue weighted by atomic mass is 9.78. The molecular formula is C18H19BFNO3. The molecule has 6 heteroatoms. The molecule has 0 saturated carbocycles. The molecule has 1 aliphatic heterocycles. The van der Waals surface area contributed by atoms with Gasteiger partial charge >= 0.3 is 7.12 Å². The van der Waals surface area contributed by atoms with Crippen LogP contribution in [0.5, 0.6) is 0 Å². The summed E-state index contributed by atoms with van der Waals surface area (Å²) in [7, 11) is -0.572. The minimum Gasteiger partial charge on any atom is -0.399 e. The minimum absolute atomic E-state index is 0.229. The maximum Gasteiger partial charge on any atom is 0.494 e. The molecule has 1 fully saturated rings. The number of hydrogen-bond donors (Lipinski definition) is 0. The fraction of sp³-hybridized carbons (Fsp3) is 0.333. The van der Waals surface area contributed by atoms with Crippen LogP contribution in [-0.4, -0.2) is 18.3 Å². The number of nitroso groups, excluding NO2 is 1. The van der Waals surface area contributed by atoms with Crippen molar-refractivity contribution in [2.75, 3.05) is 0 Å². The Hall–Kier alpha value is -2.05. The molecule has 24 heavy (non-hydrogen) atoms. The van der Waals surface area contributed by atoms with Gasteiger partial charge in [-0.1, -0.05) is 24.3 Å². The van der Waals surface area contributed by atoms with Gasteiger partial charge in [0, 0.05) is 5.56 Å². The van der Waals surface area contributed by atoms with E-state index in [2.05, 4.69) is 5.18 Å². The standard InChI is InChI=1S/C18H19BFNO3/c1-17(2)18(3,4)24-19(23-17)13-8-9-15(16(11-13)21-22)12-6-5-7-14(20)10-12/h5-11H,1-4H3. The molecule has 0 radical (unpaired) electrons. The highest BCUT2D eigenvalue weighted by atomic mass is 19.1. The summed E-state index contributed by atoms with van der Waals surface area (Å²) in [6, 6.07) is 11.3. The SMILES string of the molecule is CC1(C)OB(c2ccc(-c3cccc(F)c3)c(N=O)c2)OC1(C)C. The Labute approximate surface area is 141 Å². The van der Waals surface area contributed by atoms with Crippen LogP contribution in [0.2, 0.25) is 0 Å². The van der Waals surface area contributed by atoms with Crippen LogP contribution in [0.4, 0.5) is 10.1 Å². The zero-order valence-electron chi connectivity index (χ0n) is 14.2. The maximum absolute atomic E-state index is 13.4. The molecule has 0 bridgehead atoms. The van der Waals surface area contributed by atoms with E-state index in [4.69, 9.17) is 9.31 Å². The van der Waals surface area contributed by atoms with Crippen LogP contribution in [0, 0.1) is 10.7 Å². The molecule has 0 spiro atoms. The van der Waals surface area contributed by atoms with E-state index in [9.17, 15) is 9.30 Å². The highest BCUT2D eigenvalue weighted by Crippen LogP contribution is 2.37. The largest absolute Gasteiger partial charge is 0.494 e. The Kier molecular flexibility index (Phi) is 4.05. The summed E-state index contributed by atoms with van der Waals surface area (Å²) in [6.45, 7) is 7.86. The summed E-state index contributed by atoms with van der Waals surface area (Å²) in [5.74, 6) is -0.362. The minimum atomic E-state index is -0.572. The van der Waals surface area contributed by atoms with Crippen LogP contribution in [0.1, 0.15) is 27.7 Å². The van der Waals surface area contributed by atoms with Crippen LogP contribution >= 0.6 is 0 Å². The van der Waals surface area contributed by atoms with E-state index in [-0.39, 0.29) is 11.5 Å². The lowest BCUT2D eigenvalue weighted by molar-refractivity contribution is 0.00578. The molecule has 2 aromatic carbocycles. The third-order valence-electron chi connectivity index (χ3n) is 4.78. The van der Waals surface area contributed by atoms with Gasteiger partial charge in [-0.15, -0.1) is 4.91 Å². The topological polar surface area (TPSA) is 47.9 Å². The molecule has 1 aliphatic rings. The summed E-state index contributed by atoms with van der Waals surface area (Å²) in [5, 5.41) is 3.10. The Morgan fingerprint density at radius 1 is 1.00 bits per heavy atom. The average Bonchev–Trinajstić information content (AvgIpc) is 2.75. The highest BCUT2D eigenvalue weighted by molar-refractivity contribution is 6.62. The van der Waals surface area contributed by atoms with E-state index in [0.717, 1.165) is 0 Å². The third kappa shape index (κ3) is 2.87. The summed E-state index contributed by atoms with van der Waals surface area (Å²) >= 11 is 0. The van der Waals surface area contributed by atoms with Crippen molar-refractivity contribution in [3.8, 4) is 11.1 Å². The highest BCUT2D eigenvalue weighted by Gasteiger charge is 2.51. The van der Waals surface area contributed by atoms with Crippen LogP contribution in [0.25, 0.3) is 11.1 Å². The molecule has 0 unspecified atom stereocenters. The smallest absolute Gasteiger partial charge is 0.399 e. The molecule has 3 rings (SSSR count). The van der Waals surface area contributed by atoms with Gasteiger partial charge in [0.2, 0.25) is 0 Å². The van der Waals surface area contributed by atoms with E-state index in [0.29, 0.717) is 16.6 Å². The number of hydrogen-bond acceptors (Lipinski definition) is 4. The number of nitrogens with zero attached hydrogens (tertiary/aromatic N) is 1. The molecule has 1 saturated heterocycles. The lowest BCUT2D eigenvalue weighted by Crippen LogP contribution is -2.41. The molecule has 2 aromatic rings. The summed E-state index contributed by atoms with van der Waals surface area (Å²) in [4.78, 5) is 11.3. The first kappa shape index (κ1) is 16.8. The molecule has 0 atom stereocenters. The molecule has 0 amide bonds. The van der Waals surface area contributed by atoms with Gasteiger partial charge in [-0.25, -0.2) is 4.39 Å². The Bertz CT molecular complexity index is 776. The van der Waals surface area contributed by atoms with Crippen LogP contribution in [-0.2, 0) is 9.31 Å². The Balaban J connectivity index is 1.98. The second kappa shape index (κ2) is 5.79. The van der Waals surface area contributed by atoms with E-state index in [1.165, 1.54) is 12.1 Å². The van der Waals surface area contributed by atoms with Crippen molar-refractivity contribution in [3.63, 3.8) is 0 Å². The average molecular weight is 327 g/mol. The van der Waals surface area contributed by atoms with Crippen molar-refractivity contribution in [1.82, 2.24) is 0 Å². The molecule has 4 nitrogen and oxygen atoms in total. The fourth-order valence-corrected chi connectivity index (χ4v) is 2.65. The monoisotopic (exact) mass is 327 g/mol. The van der Waals surface area contributed by atoms with E-state index >= 15 is 0 Å². The van der Waals surface area contributed by atoms with Crippen molar-refractivity contribution in [2.45, 2.75) is 38.9 Å². The second-order valence-electron chi connectivity index (χ2n) is 6.97. The molecule has 1 heterocycles. The van der Waals surface area contributed by atoms with E-state index in [1.54, 1.807) is 24.3 Å². The van der Waals surface area contributed by atoms with Gasteiger partial charge in [0.25, 0.3) is 0 Å². The van der Waals surface area contributed by atoms with Crippen molar-refractivity contribution in [1.29, 1.82) is 0 Å². The summed E-state index contributed by atoms with van der Waals surface area (Å²) < 4.78 is 25.4. The fourth-order valence-electron chi connectivity index (χ4n) is 2.65. The zero-order valence-corrected chi connectivity index (χ0v) is 14.2. The van der Waals surface area contributed by atoms with Gasteiger partial charge in [-0.2, -0.15) is 0 Å².